The Morgan fingerprint density at radius 3 is 2.73 bits per heavy atom. The molecule has 4 heteroatoms. The van der Waals surface area contributed by atoms with Gasteiger partial charge in [0.25, 0.3) is 0 Å². The molecule has 0 saturated carbocycles. The van der Waals surface area contributed by atoms with Crippen LogP contribution in [-0.4, -0.2) is 13.1 Å². The molecule has 0 aliphatic heterocycles. The van der Waals surface area contributed by atoms with E-state index < -0.39 is 5.97 Å². The molecule has 78 valence electrons. The van der Waals surface area contributed by atoms with Crippen molar-refractivity contribution in [2.24, 2.45) is 0 Å². The van der Waals surface area contributed by atoms with E-state index in [1.54, 1.807) is 6.07 Å². The summed E-state index contributed by atoms with van der Waals surface area (Å²) in [6.45, 7) is 1.99. The first-order valence-corrected chi connectivity index (χ1v) is 5.24. The second-order valence-electron chi connectivity index (χ2n) is 2.92. The molecular formula is C11H10BrNO2. The first-order chi connectivity index (χ1) is 7.15. The van der Waals surface area contributed by atoms with Gasteiger partial charge in [0.15, 0.2) is 0 Å². The van der Waals surface area contributed by atoms with Crippen LogP contribution >= 0.6 is 15.9 Å². The standard InChI is InChI=1S/C11H10BrNO2/c1-3-7-4-5-8(11(14)15-2)9(6-13)10(7)12/h4-5H,3H2,1-2H3. The maximum Gasteiger partial charge on any atom is 0.339 e. The number of hydrogen-bond donors (Lipinski definition) is 0. The first-order valence-electron chi connectivity index (χ1n) is 4.45. The van der Waals surface area contributed by atoms with Gasteiger partial charge in [0.05, 0.1) is 18.2 Å². The molecule has 0 N–H and O–H groups in total. The number of rotatable bonds is 2. The quantitative estimate of drug-likeness (QED) is 0.775. The van der Waals surface area contributed by atoms with Crippen molar-refractivity contribution >= 4 is 21.9 Å². The van der Waals surface area contributed by atoms with Gasteiger partial charge >= 0.3 is 5.97 Å². The largest absolute Gasteiger partial charge is 0.465 e. The summed E-state index contributed by atoms with van der Waals surface area (Å²) >= 11 is 3.32. The highest BCUT2D eigenvalue weighted by molar-refractivity contribution is 9.10. The molecule has 15 heavy (non-hydrogen) atoms. The Labute approximate surface area is 96.8 Å². The molecule has 0 atom stereocenters. The Morgan fingerprint density at radius 2 is 2.27 bits per heavy atom. The van der Waals surface area contributed by atoms with E-state index in [2.05, 4.69) is 20.7 Å². The van der Waals surface area contributed by atoms with Crippen LogP contribution < -0.4 is 0 Å². The van der Waals surface area contributed by atoms with Crippen LogP contribution in [-0.2, 0) is 11.2 Å². The van der Waals surface area contributed by atoms with E-state index in [0.717, 1.165) is 12.0 Å². The fourth-order valence-electron chi connectivity index (χ4n) is 1.28. The number of nitriles is 1. The van der Waals surface area contributed by atoms with Crippen LogP contribution in [0.1, 0.15) is 28.4 Å². The summed E-state index contributed by atoms with van der Waals surface area (Å²) in [6, 6.07) is 5.44. The molecule has 0 spiro atoms. The molecule has 0 aliphatic carbocycles. The van der Waals surface area contributed by atoms with Crippen LogP contribution in [0.5, 0.6) is 0 Å². The van der Waals surface area contributed by atoms with E-state index in [1.807, 2.05) is 19.1 Å². The van der Waals surface area contributed by atoms with Crippen molar-refractivity contribution in [1.82, 2.24) is 0 Å². The molecule has 3 nitrogen and oxygen atoms in total. The van der Waals surface area contributed by atoms with Crippen LogP contribution in [0, 0.1) is 11.3 Å². The van der Waals surface area contributed by atoms with Gasteiger partial charge in [0.2, 0.25) is 0 Å². The van der Waals surface area contributed by atoms with Crippen LogP contribution in [0.2, 0.25) is 0 Å². The van der Waals surface area contributed by atoms with Crippen LogP contribution in [0.4, 0.5) is 0 Å². The third-order valence-corrected chi connectivity index (χ3v) is 3.03. The number of aryl methyl sites for hydroxylation is 1. The minimum atomic E-state index is -0.491. The van der Waals surface area contributed by atoms with E-state index in [4.69, 9.17) is 5.26 Å². The van der Waals surface area contributed by atoms with Crippen molar-refractivity contribution in [1.29, 1.82) is 5.26 Å². The Hall–Kier alpha value is -1.34. The van der Waals surface area contributed by atoms with Gasteiger partial charge < -0.3 is 4.74 Å². The minimum Gasteiger partial charge on any atom is -0.465 e. The number of methoxy groups -OCH3 is 1. The van der Waals surface area contributed by atoms with E-state index in [9.17, 15) is 4.79 Å². The summed E-state index contributed by atoms with van der Waals surface area (Å²) in [6.07, 6.45) is 0.802. The molecule has 1 rings (SSSR count). The Balaban J connectivity index is 3.39. The number of benzene rings is 1. The number of ether oxygens (including phenoxy) is 1. The van der Waals surface area contributed by atoms with Gasteiger partial charge in [0, 0.05) is 4.47 Å². The highest BCUT2D eigenvalue weighted by atomic mass is 79.9. The van der Waals surface area contributed by atoms with Gasteiger partial charge in [-0.2, -0.15) is 5.26 Å². The molecule has 0 heterocycles. The van der Waals surface area contributed by atoms with Crippen molar-refractivity contribution in [2.75, 3.05) is 7.11 Å². The van der Waals surface area contributed by atoms with Gasteiger partial charge in [-0.05, 0) is 34.0 Å². The second kappa shape index (κ2) is 4.94. The monoisotopic (exact) mass is 267 g/mol. The molecule has 0 radical (unpaired) electrons. The zero-order valence-electron chi connectivity index (χ0n) is 8.50. The van der Waals surface area contributed by atoms with Crippen molar-refractivity contribution < 1.29 is 9.53 Å². The predicted octanol–water partition coefficient (Wildman–Crippen LogP) is 2.67. The van der Waals surface area contributed by atoms with Crippen LogP contribution in [0.25, 0.3) is 0 Å². The maximum absolute atomic E-state index is 11.4. The molecule has 1 aromatic carbocycles. The average molecular weight is 268 g/mol. The third kappa shape index (κ3) is 2.18. The average Bonchev–Trinajstić information content (AvgIpc) is 2.27. The van der Waals surface area contributed by atoms with Gasteiger partial charge in [-0.3, -0.25) is 0 Å². The summed E-state index contributed by atoms with van der Waals surface area (Å²) in [4.78, 5) is 11.4. The summed E-state index contributed by atoms with van der Waals surface area (Å²) in [7, 11) is 1.30. The molecular weight excluding hydrogens is 258 g/mol. The van der Waals surface area contributed by atoms with Gasteiger partial charge in [-0.1, -0.05) is 13.0 Å². The number of hydrogen-bond acceptors (Lipinski definition) is 3. The van der Waals surface area contributed by atoms with E-state index >= 15 is 0 Å². The Morgan fingerprint density at radius 1 is 1.60 bits per heavy atom. The summed E-state index contributed by atoms with van der Waals surface area (Å²) in [5.41, 5.74) is 1.63. The number of carbonyl (C=O) groups excluding carboxylic acids is 1. The lowest BCUT2D eigenvalue weighted by molar-refractivity contribution is 0.0600. The van der Waals surface area contributed by atoms with Crippen molar-refractivity contribution in [3.05, 3.63) is 33.3 Å². The molecule has 0 saturated heterocycles. The highest BCUT2D eigenvalue weighted by Gasteiger charge is 2.16. The number of esters is 1. The fourth-order valence-corrected chi connectivity index (χ4v) is 2.00. The van der Waals surface area contributed by atoms with Gasteiger partial charge in [-0.15, -0.1) is 0 Å². The number of carbonyl (C=O) groups is 1. The first kappa shape index (κ1) is 11.7. The van der Waals surface area contributed by atoms with Gasteiger partial charge in [0.1, 0.15) is 6.07 Å². The SMILES string of the molecule is CCc1ccc(C(=O)OC)c(C#N)c1Br. The second-order valence-corrected chi connectivity index (χ2v) is 3.71. The smallest absolute Gasteiger partial charge is 0.339 e. The van der Waals surface area contributed by atoms with E-state index in [-0.39, 0.29) is 0 Å². The Bertz CT molecular complexity index is 435. The predicted molar refractivity (Wildman–Crippen MR) is 59.6 cm³/mol. The summed E-state index contributed by atoms with van der Waals surface area (Å²) < 4.78 is 5.27. The van der Waals surface area contributed by atoms with Crippen molar-refractivity contribution in [3.8, 4) is 6.07 Å². The number of halogens is 1. The molecule has 1 aromatic rings. The zero-order valence-corrected chi connectivity index (χ0v) is 10.1. The van der Waals surface area contributed by atoms with Crippen LogP contribution in [0.15, 0.2) is 16.6 Å². The van der Waals surface area contributed by atoms with Gasteiger partial charge in [-0.25, -0.2) is 4.79 Å². The molecule has 0 unspecified atom stereocenters. The highest BCUT2D eigenvalue weighted by Crippen LogP contribution is 2.25. The zero-order chi connectivity index (χ0) is 11.4. The Kier molecular flexibility index (Phi) is 3.87. The summed E-state index contributed by atoms with van der Waals surface area (Å²) in [5, 5.41) is 8.98. The van der Waals surface area contributed by atoms with Crippen LogP contribution in [0.3, 0.4) is 0 Å². The normalized spacial score (nSPS) is 9.47. The molecule has 0 fully saturated rings. The van der Waals surface area contributed by atoms with E-state index in [1.165, 1.54) is 7.11 Å². The lowest BCUT2D eigenvalue weighted by Gasteiger charge is -2.07. The van der Waals surface area contributed by atoms with Crippen molar-refractivity contribution in [2.45, 2.75) is 13.3 Å². The lowest BCUT2D eigenvalue weighted by atomic mass is 10.0. The molecule has 0 aromatic heterocycles. The van der Waals surface area contributed by atoms with Crippen molar-refractivity contribution in [3.63, 3.8) is 0 Å². The molecule has 0 amide bonds. The third-order valence-electron chi connectivity index (χ3n) is 2.12. The molecule has 0 bridgehead atoms. The lowest BCUT2D eigenvalue weighted by Crippen LogP contribution is -2.05. The molecule has 0 aliphatic rings. The fraction of sp³-hybridized carbons (Fsp3) is 0.273. The number of nitrogens with zero attached hydrogens (tertiary/aromatic N) is 1. The maximum atomic E-state index is 11.4. The van der Waals surface area contributed by atoms with E-state index in [0.29, 0.717) is 15.6 Å². The topological polar surface area (TPSA) is 50.1 Å². The minimum absolute atomic E-state index is 0.295. The summed E-state index contributed by atoms with van der Waals surface area (Å²) in [5.74, 6) is -0.491.